The van der Waals surface area contributed by atoms with Crippen molar-refractivity contribution in [2.45, 2.75) is 44.6 Å². The lowest BCUT2D eigenvalue weighted by Crippen LogP contribution is -3.22. The second-order valence-electron chi connectivity index (χ2n) is 7.66. The highest BCUT2D eigenvalue weighted by Crippen LogP contribution is 2.22. The van der Waals surface area contributed by atoms with Crippen molar-refractivity contribution < 1.29 is 14.5 Å². The van der Waals surface area contributed by atoms with Crippen LogP contribution in [0.4, 0.5) is 5.69 Å². The smallest absolute Gasteiger partial charge is 0.278 e. The van der Waals surface area contributed by atoms with Gasteiger partial charge in [0, 0.05) is 37.2 Å². The van der Waals surface area contributed by atoms with Gasteiger partial charge in [0.1, 0.15) is 0 Å². The summed E-state index contributed by atoms with van der Waals surface area (Å²) in [7, 11) is 0. The lowest BCUT2D eigenvalue weighted by molar-refractivity contribution is -0.948. The molecule has 1 amide bonds. The highest BCUT2D eigenvalue weighted by atomic mass is 32.1. The van der Waals surface area contributed by atoms with Gasteiger partial charge in [-0.15, -0.1) is 0 Å². The molecule has 2 saturated heterocycles. The molecule has 0 aromatic heterocycles. The van der Waals surface area contributed by atoms with Gasteiger partial charge >= 0.3 is 0 Å². The molecule has 0 spiro atoms. The van der Waals surface area contributed by atoms with E-state index in [2.05, 4.69) is 10.2 Å². The molecule has 0 unspecified atom stereocenters. The number of hydrogen-bond acceptors (Lipinski definition) is 3. The van der Waals surface area contributed by atoms with Crippen LogP contribution in [0.1, 0.15) is 49.4 Å². The molecule has 0 bridgehead atoms. The molecule has 2 fully saturated rings. The SMILES string of the molecule is CC(=O)c1ccc(NC(=S)N2CCC(C(N)=O)([NH+]3CCCCC3)CC2)cc1. The van der Waals surface area contributed by atoms with Gasteiger partial charge in [-0.05, 0) is 62.7 Å². The maximum Gasteiger partial charge on any atom is 0.278 e. The molecule has 1 aromatic rings. The van der Waals surface area contributed by atoms with Gasteiger partial charge in [-0.25, -0.2) is 0 Å². The predicted octanol–water partition coefficient (Wildman–Crippen LogP) is 0.975. The maximum absolute atomic E-state index is 12.3. The Bertz CT molecular complexity index is 705. The van der Waals surface area contributed by atoms with E-state index < -0.39 is 5.54 Å². The normalized spacial score (nSPS) is 20.1. The number of nitrogens with two attached hydrogens (primary N) is 1. The van der Waals surface area contributed by atoms with E-state index in [0.717, 1.165) is 44.7 Å². The van der Waals surface area contributed by atoms with E-state index >= 15 is 0 Å². The zero-order valence-corrected chi connectivity index (χ0v) is 16.7. The maximum atomic E-state index is 12.3. The van der Waals surface area contributed by atoms with Gasteiger partial charge in [0.2, 0.25) is 0 Å². The second kappa shape index (κ2) is 8.35. The Kier molecular flexibility index (Phi) is 6.11. The van der Waals surface area contributed by atoms with Crippen molar-refractivity contribution in [3.8, 4) is 0 Å². The number of quaternary nitrogens is 1. The van der Waals surface area contributed by atoms with Crippen molar-refractivity contribution in [1.29, 1.82) is 0 Å². The molecule has 0 saturated carbocycles. The second-order valence-corrected chi connectivity index (χ2v) is 8.05. The number of carbonyl (C=O) groups is 2. The quantitative estimate of drug-likeness (QED) is 0.528. The van der Waals surface area contributed by atoms with Crippen LogP contribution in [0.5, 0.6) is 0 Å². The fraction of sp³-hybridized carbons (Fsp3) is 0.550. The van der Waals surface area contributed by atoms with Gasteiger partial charge in [0.05, 0.1) is 13.1 Å². The third-order valence-electron chi connectivity index (χ3n) is 6.05. The number of nitrogens with one attached hydrogen (secondary N) is 2. The number of ketones is 1. The van der Waals surface area contributed by atoms with Gasteiger partial charge in [0.25, 0.3) is 5.91 Å². The minimum Gasteiger partial charge on any atom is -0.364 e. The van der Waals surface area contributed by atoms with Gasteiger partial charge in [-0.2, -0.15) is 0 Å². The summed E-state index contributed by atoms with van der Waals surface area (Å²) in [5.74, 6) is -0.124. The van der Waals surface area contributed by atoms with Crippen LogP contribution >= 0.6 is 12.2 Å². The van der Waals surface area contributed by atoms with Crippen LogP contribution in [0.2, 0.25) is 0 Å². The van der Waals surface area contributed by atoms with Gasteiger partial charge in [-0.3, -0.25) is 9.59 Å². The standard InChI is InChI=1S/C20H28N4O2S/c1-15(25)16-5-7-17(8-6-16)22-19(27)23-13-9-20(10-14-23,18(21)26)24-11-3-2-4-12-24/h5-8H,2-4,9-14H2,1H3,(H2,21,26)(H,22,27)/p+1. The lowest BCUT2D eigenvalue weighted by Gasteiger charge is -2.45. The van der Waals surface area contributed by atoms with E-state index in [1.165, 1.54) is 24.2 Å². The Morgan fingerprint density at radius 2 is 1.70 bits per heavy atom. The molecule has 6 nitrogen and oxygen atoms in total. The van der Waals surface area contributed by atoms with E-state index in [4.69, 9.17) is 18.0 Å². The van der Waals surface area contributed by atoms with E-state index in [1.807, 2.05) is 12.1 Å². The first-order valence-electron chi connectivity index (χ1n) is 9.74. The third-order valence-corrected chi connectivity index (χ3v) is 6.41. The topological polar surface area (TPSA) is 79.9 Å². The van der Waals surface area contributed by atoms with Crippen LogP contribution in [-0.4, -0.2) is 53.4 Å². The van der Waals surface area contributed by atoms with Crippen molar-refractivity contribution in [3.05, 3.63) is 29.8 Å². The minimum atomic E-state index is -0.449. The highest BCUT2D eigenvalue weighted by molar-refractivity contribution is 7.80. The molecule has 4 N–H and O–H groups in total. The molecule has 2 heterocycles. The zero-order valence-electron chi connectivity index (χ0n) is 15.9. The number of rotatable bonds is 4. The molecule has 146 valence electrons. The lowest BCUT2D eigenvalue weighted by atomic mass is 9.83. The van der Waals surface area contributed by atoms with Gasteiger partial charge in [0.15, 0.2) is 16.4 Å². The Morgan fingerprint density at radius 1 is 1.11 bits per heavy atom. The summed E-state index contributed by atoms with van der Waals surface area (Å²) >= 11 is 5.56. The molecule has 0 radical (unpaired) electrons. The van der Waals surface area contributed by atoms with Crippen LogP contribution in [0.25, 0.3) is 0 Å². The molecule has 2 aliphatic heterocycles. The Hall–Kier alpha value is -1.99. The Balaban J connectivity index is 1.60. The minimum absolute atomic E-state index is 0.0446. The number of primary amides is 1. The molecule has 2 aliphatic rings. The van der Waals surface area contributed by atoms with Crippen molar-refractivity contribution in [1.82, 2.24) is 4.90 Å². The molecule has 7 heteroatoms. The van der Waals surface area contributed by atoms with Crippen molar-refractivity contribution in [3.63, 3.8) is 0 Å². The monoisotopic (exact) mass is 389 g/mol. The summed E-state index contributed by atoms with van der Waals surface area (Å²) < 4.78 is 0. The largest absolute Gasteiger partial charge is 0.364 e. The van der Waals surface area contributed by atoms with Crippen LogP contribution in [0, 0.1) is 0 Å². The summed E-state index contributed by atoms with van der Waals surface area (Å²) in [6.45, 7) is 5.08. The van der Waals surface area contributed by atoms with Crippen molar-refractivity contribution >= 4 is 34.7 Å². The number of hydrogen-bond donors (Lipinski definition) is 3. The highest BCUT2D eigenvalue weighted by Gasteiger charge is 2.49. The van der Waals surface area contributed by atoms with Crippen LogP contribution < -0.4 is 16.0 Å². The first-order valence-corrected chi connectivity index (χ1v) is 10.2. The summed E-state index contributed by atoms with van der Waals surface area (Å²) in [5, 5.41) is 3.89. The average molecular weight is 390 g/mol. The molecular formula is C20H29N4O2S+. The number of benzene rings is 1. The number of likely N-dealkylation sites (tertiary alicyclic amines) is 2. The number of Topliss-reactive ketones (excluding diaryl/α,β-unsaturated/α-hetero) is 1. The van der Waals surface area contributed by atoms with Crippen LogP contribution in [-0.2, 0) is 4.79 Å². The number of piperidine rings is 2. The van der Waals surface area contributed by atoms with Gasteiger partial charge < -0.3 is 20.9 Å². The fourth-order valence-corrected chi connectivity index (χ4v) is 4.61. The number of amides is 1. The van der Waals surface area contributed by atoms with E-state index in [1.54, 1.807) is 19.1 Å². The number of nitrogens with zero attached hydrogens (tertiary/aromatic N) is 1. The molecule has 3 rings (SSSR count). The average Bonchev–Trinajstić information content (AvgIpc) is 2.69. The van der Waals surface area contributed by atoms with Crippen LogP contribution in [0.15, 0.2) is 24.3 Å². The molecule has 0 atom stereocenters. The molecular weight excluding hydrogens is 360 g/mol. The first-order chi connectivity index (χ1) is 12.9. The van der Waals surface area contributed by atoms with E-state index in [0.29, 0.717) is 10.7 Å². The van der Waals surface area contributed by atoms with Crippen LogP contribution in [0.3, 0.4) is 0 Å². The van der Waals surface area contributed by atoms with Gasteiger partial charge in [-0.1, -0.05) is 0 Å². The third kappa shape index (κ3) is 4.30. The predicted molar refractivity (Wildman–Crippen MR) is 110 cm³/mol. The van der Waals surface area contributed by atoms with Crippen molar-refractivity contribution in [2.75, 3.05) is 31.5 Å². The number of carbonyl (C=O) groups excluding carboxylic acids is 2. The summed E-state index contributed by atoms with van der Waals surface area (Å²) in [6, 6.07) is 7.31. The number of thiocarbonyl (C=S) groups is 1. The Morgan fingerprint density at radius 3 is 2.22 bits per heavy atom. The van der Waals surface area contributed by atoms with E-state index in [-0.39, 0.29) is 11.7 Å². The molecule has 0 aliphatic carbocycles. The fourth-order valence-electron chi connectivity index (χ4n) is 4.31. The number of anilines is 1. The first kappa shape index (κ1) is 19.8. The Labute approximate surface area is 166 Å². The van der Waals surface area contributed by atoms with E-state index in [9.17, 15) is 9.59 Å². The summed E-state index contributed by atoms with van der Waals surface area (Å²) in [5.41, 5.74) is 6.95. The molecule has 27 heavy (non-hydrogen) atoms. The summed E-state index contributed by atoms with van der Waals surface area (Å²) in [6.07, 6.45) is 5.07. The zero-order chi connectivity index (χ0) is 19.4. The molecule has 1 aromatic carbocycles. The summed E-state index contributed by atoms with van der Waals surface area (Å²) in [4.78, 5) is 27.2. The van der Waals surface area contributed by atoms with Crippen molar-refractivity contribution in [2.24, 2.45) is 5.73 Å².